The minimum absolute atomic E-state index is 0.0816. The van der Waals surface area contributed by atoms with E-state index < -0.39 is 5.97 Å². The van der Waals surface area contributed by atoms with E-state index in [0.29, 0.717) is 15.7 Å². The summed E-state index contributed by atoms with van der Waals surface area (Å²) in [7, 11) is 0. The summed E-state index contributed by atoms with van der Waals surface area (Å²) in [6.07, 6.45) is 0. The summed E-state index contributed by atoms with van der Waals surface area (Å²) in [5, 5.41) is 13.0. The third-order valence-corrected chi connectivity index (χ3v) is 3.96. The van der Waals surface area contributed by atoms with Crippen LogP contribution in [-0.4, -0.2) is 21.8 Å². The van der Waals surface area contributed by atoms with Crippen molar-refractivity contribution in [2.75, 3.05) is 5.32 Å². The van der Waals surface area contributed by atoms with Gasteiger partial charge in [-0.1, -0.05) is 34.5 Å². The van der Waals surface area contributed by atoms with Crippen molar-refractivity contribution in [3.05, 3.63) is 38.8 Å². The van der Waals surface area contributed by atoms with E-state index in [9.17, 15) is 9.59 Å². The molecule has 0 radical (unpaired) electrons. The van der Waals surface area contributed by atoms with Gasteiger partial charge in [0, 0.05) is 11.9 Å². The fraction of sp³-hybridized carbons (Fsp3) is 0.0833. The standard InChI is InChI=1S/C12H8Cl2N2O3S/c1-5(17)10-9(11(18)19)16-12(20-10)15-8-4-6(13)2-3-7(8)14/h2-4H,1H3,(H,15,16)(H,18,19). The molecule has 1 aromatic carbocycles. The summed E-state index contributed by atoms with van der Waals surface area (Å²) in [4.78, 5) is 26.4. The Morgan fingerprint density at radius 3 is 2.60 bits per heavy atom. The molecule has 2 N–H and O–H groups in total. The zero-order valence-electron chi connectivity index (χ0n) is 10.1. The summed E-state index contributed by atoms with van der Waals surface area (Å²) in [6, 6.07) is 4.81. The maximum absolute atomic E-state index is 11.4. The number of Topliss-reactive ketones (excluding diaryl/α,β-unsaturated/α-hetero) is 1. The van der Waals surface area contributed by atoms with Crippen LogP contribution in [0.3, 0.4) is 0 Å². The zero-order chi connectivity index (χ0) is 14.9. The first kappa shape index (κ1) is 14.8. The fourth-order valence-electron chi connectivity index (χ4n) is 1.47. The van der Waals surface area contributed by atoms with Crippen molar-refractivity contribution in [1.82, 2.24) is 4.98 Å². The molecule has 0 aliphatic rings. The third-order valence-electron chi connectivity index (χ3n) is 2.32. The quantitative estimate of drug-likeness (QED) is 0.825. The average Bonchev–Trinajstić information content (AvgIpc) is 2.78. The number of hydrogen-bond acceptors (Lipinski definition) is 5. The monoisotopic (exact) mass is 330 g/mol. The van der Waals surface area contributed by atoms with Crippen molar-refractivity contribution in [2.24, 2.45) is 0 Å². The van der Waals surface area contributed by atoms with Gasteiger partial charge in [0.2, 0.25) is 0 Å². The Bertz CT molecular complexity index is 669. The Hall–Kier alpha value is -1.63. The van der Waals surface area contributed by atoms with Gasteiger partial charge in [-0.05, 0) is 18.2 Å². The summed E-state index contributed by atoms with van der Waals surface area (Å²) < 4.78 is 0. The Labute approximate surface area is 128 Å². The summed E-state index contributed by atoms with van der Waals surface area (Å²) in [5.41, 5.74) is 0.211. The SMILES string of the molecule is CC(=O)c1sc(Nc2cc(Cl)ccc2Cl)nc1C(=O)O. The number of carboxylic acids is 1. The van der Waals surface area contributed by atoms with E-state index in [2.05, 4.69) is 10.3 Å². The predicted octanol–water partition coefficient (Wildman–Crippen LogP) is 4.09. The van der Waals surface area contributed by atoms with Gasteiger partial charge in [0.25, 0.3) is 0 Å². The number of anilines is 2. The number of aromatic carboxylic acids is 1. The van der Waals surface area contributed by atoms with Crippen LogP contribution < -0.4 is 5.32 Å². The smallest absolute Gasteiger partial charge is 0.356 e. The molecule has 0 aliphatic heterocycles. The van der Waals surface area contributed by atoms with Gasteiger partial charge in [0.05, 0.1) is 10.7 Å². The number of thiazole rings is 1. The molecule has 5 nitrogen and oxygen atoms in total. The van der Waals surface area contributed by atoms with Crippen LogP contribution in [0.1, 0.15) is 27.1 Å². The second-order valence-electron chi connectivity index (χ2n) is 3.81. The Kier molecular flexibility index (Phi) is 4.27. The van der Waals surface area contributed by atoms with Crippen molar-refractivity contribution in [1.29, 1.82) is 0 Å². The number of aromatic nitrogens is 1. The highest BCUT2D eigenvalue weighted by atomic mass is 35.5. The molecule has 0 saturated heterocycles. The highest BCUT2D eigenvalue weighted by Gasteiger charge is 2.20. The third kappa shape index (κ3) is 3.09. The van der Waals surface area contributed by atoms with Crippen molar-refractivity contribution in [3.63, 3.8) is 0 Å². The fourth-order valence-corrected chi connectivity index (χ4v) is 2.67. The van der Waals surface area contributed by atoms with Gasteiger partial charge in [-0.15, -0.1) is 0 Å². The van der Waals surface area contributed by atoms with Gasteiger partial charge >= 0.3 is 5.97 Å². The van der Waals surface area contributed by atoms with Crippen LogP contribution in [0.15, 0.2) is 18.2 Å². The lowest BCUT2D eigenvalue weighted by Gasteiger charge is -2.05. The summed E-state index contributed by atoms with van der Waals surface area (Å²) in [5.74, 6) is -1.61. The van der Waals surface area contributed by atoms with Crippen molar-refractivity contribution in [2.45, 2.75) is 6.92 Å². The first-order valence-electron chi connectivity index (χ1n) is 5.35. The molecule has 0 atom stereocenters. The maximum atomic E-state index is 11.4. The number of ketones is 1. The van der Waals surface area contributed by atoms with Gasteiger partial charge in [0.15, 0.2) is 16.6 Å². The van der Waals surface area contributed by atoms with E-state index in [4.69, 9.17) is 28.3 Å². The molecule has 1 aromatic heterocycles. The lowest BCUT2D eigenvalue weighted by atomic mass is 10.3. The second-order valence-corrected chi connectivity index (χ2v) is 5.65. The van der Waals surface area contributed by atoms with E-state index in [1.807, 2.05) is 0 Å². The molecule has 0 amide bonds. The normalized spacial score (nSPS) is 10.3. The van der Waals surface area contributed by atoms with Crippen molar-refractivity contribution >= 4 is 57.1 Å². The minimum atomic E-state index is -1.25. The highest BCUT2D eigenvalue weighted by molar-refractivity contribution is 7.17. The number of carbonyl (C=O) groups excluding carboxylic acids is 1. The lowest BCUT2D eigenvalue weighted by molar-refractivity contribution is 0.0687. The van der Waals surface area contributed by atoms with Crippen LogP contribution in [0.5, 0.6) is 0 Å². The molecular weight excluding hydrogens is 323 g/mol. The number of nitrogens with one attached hydrogen (secondary N) is 1. The molecule has 2 rings (SSSR count). The molecule has 20 heavy (non-hydrogen) atoms. The first-order chi connectivity index (χ1) is 9.38. The second kappa shape index (κ2) is 5.78. The van der Waals surface area contributed by atoms with Crippen LogP contribution in [-0.2, 0) is 0 Å². The van der Waals surface area contributed by atoms with E-state index in [1.165, 1.54) is 6.92 Å². The lowest BCUT2D eigenvalue weighted by Crippen LogP contribution is -2.03. The number of nitrogens with zero attached hydrogens (tertiary/aromatic N) is 1. The molecule has 0 saturated carbocycles. The maximum Gasteiger partial charge on any atom is 0.356 e. The van der Waals surface area contributed by atoms with Crippen molar-refractivity contribution < 1.29 is 14.7 Å². The Morgan fingerprint density at radius 2 is 2.05 bits per heavy atom. The summed E-state index contributed by atoms with van der Waals surface area (Å²) in [6.45, 7) is 1.29. The van der Waals surface area contributed by atoms with Gasteiger partial charge in [0.1, 0.15) is 4.88 Å². The van der Waals surface area contributed by atoms with Gasteiger partial charge in [-0.3, -0.25) is 4.79 Å². The van der Waals surface area contributed by atoms with Crippen LogP contribution in [0.4, 0.5) is 10.8 Å². The predicted molar refractivity (Wildman–Crippen MR) is 78.8 cm³/mol. The van der Waals surface area contributed by atoms with E-state index in [-0.39, 0.29) is 21.5 Å². The summed E-state index contributed by atoms with van der Waals surface area (Å²) >= 11 is 12.8. The molecule has 2 aromatic rings. The molecule has 8 heteroatoms. The molecule has 1 heterocycles. The van der Waals surface area contributed by atoms with E-state index >= 15 is 0 Å². The number of hydrogen-bond donors (Lipinski definition) is 2. The highest BCUT2D eigenvalue weighted by Crippen LogP contribution is 2.31. The molecule has 104 valence electrons. The van der Waals surface area contributed by atoms with Gasteiger partial charge in [-0.25, -0.2) is 9.78 Å². The first-order valence-corrected chi connectivity index (χ1v) is 6.93. The number of carboxylic acid groups (broad SMARTS) is 1. The topological polar surface area (TPSA) is 79.3 Å². The number of benzene rings is 1. The number of carbonyl (C=O) groups is 2. The molecule has 0 bridgehead atoms. The van der Waals surface area contributed by atoms with Crippen molar-refractivity contribution in [3.8, 4) is 0 Å². The molecule has 0 spiro atoms. The number of halogens is 2. The minimum Gasteiger partial charge on any atom is -0.476 e. The van der Waals surface area contributed by atoms with Gasteiger partial charge < -0.3 is 10.4 Å². The zero-order valence-corrected chi connectivity index (χ0v) is 12.4. The molecule has 0 fully saturated rings. The Balaban J connectivity index is 2.39. The van der Waals surface area contributed by atoms with E-state index in [0.717, 1.165) is 11.3 Å². The molecule has 0 unspecified atom stereocenters. The van der Waals surface area contributed by atoms with Crippen LogP contribution >= 0.6 is 34.5 Å². The largest absolute Gasteiger partial charge is 0.476 e. The van der Waals surface area contributed by atoms with Gasteiger partial charge in [-0.2, -0.15) is 0 Å². The van der Waals surface area contributed by atoms with Crippen LogP contribution in [0.2, 0.25) is 10.0 Å². The number of rotatable bonds is 4. The molecular formula is C12H8Cl2N2O3S. The van der Waals surface area contributed by atoms with Crippen LogP contribution in [0.25, 0.3) is 0 Å². The Morgan fingerprint density at radius 1 is 1.35 bits per heavy atom. The van der Waals surface area contributed by atoms with E-state index in [1.54, 1.807) is 18.2 Å². The average molecular weight is 331 g/mol. The van der Waals surface area contributed by atoms with Crippen LogP contribution in [0, 0.1) is 0 Å². The molecule has 0 aliphatic carbocycles.